The number of aryl methyl sites for hydroxylation is 1. The summed E-state index contributed by atoms with van der Waals surface area (Å²) in [5.41, 5.74) is 1.80. The number of aromatic nitrogens is 1. The number of nitrogens with zero attached hydrogens (tertiary/aromatic N) is 2. The van der Waals surface area contributed by atoms with Gasteiger partial charge in [0.15, 0.2) is 17.3 Å². The molecule has 1 atom stereocenters. The average molecular weight is 437 g/mol. The first-order chi connectivity index (χ1) is 15.3. The standard InChI is InChI=1S/C24H27N3O5/c1-14-11-18(15(2)27(14)17-6-7-17)19(28)13-26-22(29)24(3,25-23(26)30)16-5-8-20-21(12-16)32-10-4-9-31-20/h5,8,11-12,17H,4,6-7,9-10,13H2,1-3H3,(H,25,30)/t24-/m0/s1. The van der Waals surface area contributed by atoms with E-state index in [1.54, 1.807) is 25.1 Å². The van der Waals surface area contributed by atoms with Gasteiger partial charge < -0.3 is 19.4 Å². The van der Waals surface area contributed by atoms with Crippen molar-refractivity contribution in [1.29, 1.82) is 0 Å². The summed E-state index contributed by atoms with van der Waals surface area (Å²) in [5.74, 6) is 0.466. The van der Waals surface area contributed by atoms with Crippen molar-refractivity contribution in [2.45, 2.75) is 51.6 Å². The Morgan fingerprint density at radius 1 is 1.12 bits per heavy atom. The molecule has 3 aliphatic rings. The first kappa shape index (κ1) is 20.6. The number of Topliss-reactive ketones (excluding diaryl/α,β-unsaturated/α-hetero) is 1. The van der Waals surface area contributed by atoms with E-state index >= 15 is 0 Å². The first-order valence-electron chi connectivity index (χ1n) is 11.1. The number of amides is 3. The van der Waals surface area contributed by atoms with Gasteiger partial charge in [0.1, 0.15) is 5.54 Å². The number of urea groups is 1. The van der Waals surface area contributed by atoms with Gasteiger partial charge in [-0.25, -0.2) is 4.79 Å². The minimum absolute atomic E-state index is 0.239. The van der Waals surface area contributed by atoms with Gasteiger partial charge in [-0.15, -0.1) is 0 Å². The summed E-state index contributed by atoms with van der Waals surface area (Å²) in [6, 6.07) is 6.97. The third-order valence-electron chi connectivity index (χ3n) is 6.60. The van der Waals surface area contributed by atoms with E-state index in [9.17, 15) is 14.4 Å². The molecule has 32 heavy (non-hydrogen) atoms. The fourth-order valence-corrected chi connectivity index (χ4v) is 4.69. The van der Waals surface area contributed by atoms with Gasteiger partial charge in [0.25, 0.3) is 5.91 Å². The molecule has 3 heterocycles. The van der Waals surface area contributed by atoms with E-state index in [4.69, 9.17) is 9.47 Å². The van der Waals surface area contributed by atoms with Gasteiger partial charge in [0, 0.05) is 29.4 Å². The largest absolute Gasteiger partial charge is 0.490 e. The molecule has 1 aromatic carbocycles. The maximum absolute atomic E-state index is 13.3. The van der Waals surface area contributed by atoms with Crippen molar-refractivity contribution in [2.75, 3.05) is 19.8 Å². The highest BCUT2D eigenvalue weighted by Crippen LogP contribution is 2.39. The predicted molar refractivity (Wildman–Crippen MR) is 116 cm³/mol. The van der Waals surface area contributed by atoms with Crippen molar-refractivity contribution in [3.05, 3.63) is 46.8 Å². The lowest BCUT2D eigenvalue weighted by atomic mass is 9.91. The summed E-state index contributed by atoms with van der Waals surface area (Å²) >= 11 is 0. The monoisotopic (exact) mass is 437 g/mol. The van der Waals surface area contributed by atoms with E-state index in [-0.39, 0.29) is 12.3 Å². The van der Waals surface area contributed by atoms with Crippen molar-refractivity contribution >= 4 is 17.7 Å². The second-order valence-corrected chi connectivity index (χ2v) is 8.97. The molecule has 5 rings (SSSR count). The summed E-state index contributed by atoms with van der Waals surface area (Å²) in [7, 11) is 0. The molecule has 3 amide bonds. The normalized spacial score (nSPS) is 22.7. The van der Waals surface area contributed by atoms with Crippen LogP contribution >= 0.6 is 0 Å². The van der Waals surface area contributed by atoms with Crippen molar-refractivity contribution in [3.8, 4) is 11.5 Å². The Balaban J connectivity index is 1.39. The Hall–Kier alpha value is -3.29. The number of hydrogen-bond donors (Lipinski definition) is 1. The number of rotatable bonds is 5. The number of nitrogens with one attached hydrogen (secondary N) is 1. The van der Waals surface area contributed by atoms with Crippen LogP contribution < -0.4 is 14.8 Å². The molecule has 1 aromatic heterocycles. The van der Waals surface area contributed by atoms with Crippen LogP contribution in [-0.2, 0) is 10.3 Å². The molecule has 8 heteroatoms. The fourth-order valence-electron chi connectivity index (χ4n) is 4.69. The lowest BCUT2D eigenvalue weighted by Crippen LogP contribution is -2.41. The Labute approximate surface area is 186 Å². The molecule has 1 saturated heterocycles. The molecule has 1 saturated carbocycles. The highest BCUT2D eigenvalue weighted by atomic mass is 16.5. The molecule has 168 valence electrons. The summed E-state index contributed by atoms with van der Waals surface area (Å²) in [5, 5.41) is 2.77. The summed E-state index contributed by atoms with van der Waals surface area (Å²) in [4.78, 5) is 40.2. The average Bonchev–Trinajstić information content (AvgIpc) is 3.54. The molecule has 2 fully saturated rings. The second-order valence-electron chi connectivity index (χ2n) is 8.97. The number of carbonyl (C=O) groups excluding carboxylic acids is 3. The molecule has 0 spiro atoms. The zero-order valence-corrected chi connectivity index (χ0v) is 18.6. The van der Waals surface area contributed by atoms with Gasteiger partial charge >= 0.3 is 6.03 Å². The van der Waals surface area contributed by atoms with Crippen LogP contribution in [0.1, 0.15) is 59.5 Å². The fraction of sp³-hybridized carbons (Fsp3) is 0.458. The molecule has 8 nitrogen and oxygen atoms in total. The molecule has 2 aliphatic heterocycles. The van der Waals surface area contributed by atoms with Gasteiger partial charge in [-0.05, 0) is 57.4 Å². The number of hydrogen-bond acceptors (Lipinski definition) is 5. The summed E-state index contributed by atoms with van der Waals surface area (Å²) in [6.07, 6.45) is 3.00. The van der Waals surface area contributed by atoms with Gasteiger partial charge in [0.2, 0.25) is 0 Å². The predicted octanol–water partition coefficient (Wildman–Crippen LogP) is 3.25. The number of carbonyl (C=O) groups is 3. The third kappa shape index (κ3) is 3.25. The lowest BCUT2D eigenvalue weighted by molar-refractivity contribution is -0.130. The molecule has 1 aliphatic carbocycles. The van der Waals surface area contributed by atoms with Crippen molar-refractivity contribution in [1.82, 2.24) is 14.8 Å². The molecule has 0 unspecified atom stereocenters. The number of ketones is 1. The maximum Gasteiger partial charge on any atom is 0.325 e. The van der Waals surface area contributed by atoms with E-state index in [0.29, 0.717) is 41.9 Å². The molecular weight excluding hydrogens is 410 g/mol. The van der Waals surface area contributed by atoms with Crippen LogP contribution in [0.25, 0.3) is 0 Å². The van der Waals surface area contributed by atoms with Gasteiger partial charge in [-0.2, -0.15) is 0 Å². The highest BCUT2D eigenvalue weighted by Gasteiger charge is 2.50. The van der Waals surface area contributed by atoms with Crippen molar-refractivity contribution in [2.24, 2.45) is 0 Å². The zero-order chi connectivity index (χ0) is 22.6. The van der Waals surface area contributed by atoms with Gasteiger partial charge in [0.05, 0.1) is 19.8 Å². The molecule has 2 aromatic rings. The maximum atomic E-state index is 13.3. The van der Waals surface area contributed by atoms with Crippen LogP contribution in [0.2, 0.25) is 0 Å². The summed E-state index contributed by atoms with van der Waals surface area (Å²) < 4.78 is 13.6. The molecular formula is C24H27N3O5. The smallest absolute Gasteiger partial charge is 0.325 e. The van der Waals surface area contributed by atoms with E-state index in [2.05, 4.69) is 9.88 Å². The highest BCUT2D eigenvalue weighted by molar-refractivity contribution is 6.11. The quantitative estimate of drug-likeness (QED) is 0.573. The van der Waals surface area contributed by atoms with Crippen molar-refractivity contribution < 1.29 is 23.9 Å². The van der Waals surface area contributed by atoms with Crippen LogP contribution in [0, 0.1) is 13.8 Å². The zero-order valence-electron chi connectivity index (χ0n) is 18.6. The van der Waals surface area contributed by atoms with Crippen LogP contribution in [0.3, 0.4) is 0 Å². The van der Waals surface area contributed by atoms with Gasteiger partial charge in [-0.3, -0.25) is 14.5 Å². The molecule has 0 radical (unpaired) electrons. The van der Waals surface area contributed by atoms with E-state index < -0.39 is 17.5 Å². The second kappa shape index (κ2) is 7.39. The topological polar surface area (TPSA) is 89.9 Å². The lowest BCUT2D eigenvalue weighted by Gasteiger charge is -2.23. The Morgan fingerprint density at radius 3 is 2.56 bits per heavy atom. The van der Waals surface area contributed by atoms with Crippen LogP contribution in [0.4, 0.5) is 4.79 Å². The molecule has 1 N–H and O–H groups in total. The van der Waals surface area contributed by atoms with Crippen LogP contribution in [0.15, 0.2) is 24.3 Å². The van der Waals surface area contributed by atoms with Crippen molar-refractivity contribution in [3.63, 3.8) is 0 Å². The van der Waals surface area contributed by atoms with E-state index in [1.165, 1.54) is 0 Å². The Morgan fingerprint density at radius 2 is 1.84 bits per heavy atom. The number of ether oxygens (including phenoxy) is 2. The minimum Gasteiger partial charge on any atom is -0.490 e. The first-order valence-corrected chi connectivity index (χ1v) is 11.1. The Kier molecular flexibility index (Phi) is 4.76. The Bertz CT molecular complexity index is 1130. The van der Waals surface area contributed by atoms with Crippen LogP contribution in [-0.4, -0.2) is 46.9 Å². The number of benzene rings is 1. The van der Waals surface area contributed by atoms with Crippen LogP contribution in [0.5, 0.6) is 11.5 Å². The summed E-state index contributed by atoms with van der Waals surface area (Å²) in [6.45, 7) is 6.35. The number of fused-ring (bicyclic) bond motifs is 1. The minimum atomic E-state index is -1.28. The molecule has 0 bridgehead atoms. The number of imide groups is 1. The third-order valence-corrected chi connectivity index (χ3v) is 6.60. The van der Waals surface area contributed by atoms with E-state index in [1.807, 2.05) is 19.9 Å². The van der Waals surface area contributed by atoms with Gasteiger partial charge in [-0.1, -0.05) is 6.07 Å². The van der Waals surface area contributed by atoms with E-state index in [0.717, 1.165) is 35.6 Å². The SMILES string of the molecule is Cc1cc(C(=O)CN2C(=O)N[C@@](C)(c3ccc4c(c3)OCCCO4)C2=O)c(C)n1C1CC1.